The van der Waals surface area contributed by atoms with Crippen LogP contribution in [0.25, 0.3) is 0 Å². The van der Waals surface area contributed by atoms with Gasteiger partial charge in [0.1, 0.15) is 5.75 Å². The highest BCUT2D eigenvalue weighted by atomic mass is 32.2. The Labute approximate surface area is 112 Å². The van der Waals surface area contributed by atoms with Gasteiger partial charge in [-0.05, 0) is 39.0 Å². The number of nitrogens with one attached hydrogen (secondary N) is 1. The van der Waals surface area contributed by atoms with Crippen molar-refractivity contribution < 1.29 is 9.53 Å². The molecular weight excluding hydrogens is 248 g/mol. The standard InChI is InChI=1S/C13H20N2O2S/c1-13(2,3)15-12(16)8-18-11-7-9(17-4)5-6-10(11)14/h5-7H,8,14H2,1-4H3,(H,15,16). The van der Waals surface area contributed by atoms with Crippen LogP contribution in [-0.4, -0.2) is 24.3 Å². The van der Waals surface area contributed by atoms with Crippen molar-refractivity contribution in [3.8, 4) is 5.75 Å². The van der Waals surface area contributed by atoms with Crippen LogP contribution in [0.2, 0.25) is 0 Å². The van der Waals surface area contributed by atoms with Gasteiger partial charge in [0, 0.05) is 16.1 Å². The van der Waals surface area contributed by atoms with Crippen LogP contribution in [0.3, 0.4) is 0 Å². The van der Waals surface area contributed by atoms with Gasteiger partial charge >= 0.3 is 0 Å². The first-order chi connectivity index (χ1) is 8.31. The fourth-order valence-electron chi connectivity index (χ4n) is 1.36. The van der Waals surface area contributed by atoms with Crippen molar-refractivity contribution in [3.63, 3.8) is 0 Å². The Morgan fingerprint density at radius 3 is 2.67 bits per heavy atom. The molecule has 0 unspecified atom stereocenters. The lowest BCUT2D eigenvalue weighted by atomic mass is 10.1. The number of carbonyl (C=O) groups excluding carboxylic acids is 1. The Hall–Kier alpha value is -1.36. The molecule has 5 heteroatoms. The molecule has 0 bridgehead atoms. The van der Waals surface area contributed by atoms with Gasteiger partial charge in [-0.1, -0.05) is 0 Å². The van der Waals surface area contributed by atoms with E-state index in [4.69, 9.17) is 10.5 Å². The van der Waals surface area contributed by atoms with Gasteiger partial charge < -0.3 is 15.8 Å². The molecule has 0 aliphatic rings. The minimum absolute atomic E-state index is 0.00489. The summed E-state index contributed by atoms with van der Waals surface area (Å²) in [4.78, 5) is 12.6. The molecule has 0 saturated carbocycles. The normalized spacial score (nSPS) is 11.1. The molecule has 0 fully saturated rings. The second kappa shape index (κ2) is 6.00. The molecule has 0 aliphatic heterocycles. The number of carbonyl (C=O) groups is 1. The van der Waals surface area contributed by atoms with Gasteiger partial charge in [-0.25, -0.2) is 0 Å². The molecule has 0 aromatic heterocycles. The number of nitrogen functional groups attached to an aromatic ring is 1. The van der Waals surface area contributed by atoms with Crippen LogP contribution >= 0.6 is 11.8 Å². The maximum atomic E-state index is 11.7. The van der Waals surface area contributed by atoms with Crippen molar-refractivity contribution in [1.29, 1.82) is 0 Å². The van der Waals surface area contributed by atoms with E-state index in [0.717, 1.165) is 10.6 Å². The summed E-state index contributed by atoms with van der Waals surface area (Å²) in [7, 11) is 1.60. The molecule has 0 atom stereocenters. The summed E-state index contributed by atoms with van der Waals surface area (Å²) in [5.74, 6) is 1.08. The fourth-order valence-corrected chi connectivity index (χ4v) is 2.16. The van der Waals surface area contributed by atoms with Gasteiger partial charge in [0.2, 0.25) is 5.91 Å². The zero-order chi connectivity index (χ0) is 13.8. The number of hydrogen-bond acceptors (Lipinski definition) is 4. The second-order valence-corrected chi connectivity index (χ2v) is 6.01. The third kappa shape index (κ3) is 4.87. The number of amides is 1. The SMILES string of the molecule is COc1ccc(N)c(SCC(=O)NC(C)(C)C)c1. The highest BCUT2D eigenvalue weighted by Crippen LogP contribution is 2.28. The molecule has 18 heavy (non-hydrogen) atoms. The molecule has 100 valence electrons. The van der Waals surface area contributed by atoms with Crippen molar-refractivity contribution in [2.75, 3.05) is 18.6 Å². The Morgan fingerprint density at radius 2 is 2.11 bits per heavy atom. The molecule has 3 N–H and O–H groups in total. The third-order valence-corrected chi connectivity index (χ3v) is 3.16. The van der Waals surface area contributed by atoms with E-state index in [1.165, 1.54) is 11.8 Å². The van der Waals surface area contributed by atoms with Gasteiger partial charge in [-0.3, -0.25) is 4.79 Å². The zero-order valence-corrected chi connectivity index (χ0v) is 12.1. The summed E-state index contributed by atoms with van der Waals surface area (Å²) in [6, 6.07) is 5.42. The predicted molar refractivity (Wildman–Crippen MR) is 76.0 cm³/mol. The number of nitrogens with two attached hydrogens (primary N) is 1. The molecule has 0 heterocycles. The summed E-state index contributed by atoms with van der Waals surface area (Å²) < 4.78 is 5.13. The second-order valence-electron chi connectivity index (χ2n) is 4.99. The van der Waals surface area contributed by atoms with Crippen LogP contribution in [0.1, 0.15) is 20.8 Å². The van der Waals surface area contributed by atoms with E-state index in [1.54, 1.807) is 19.2 Å². The first-order valence-corrected chi connectivity index (χ1v) is 6.68. The Balaban J connectivity index is 2.60. The predicted octanol–water partition coefficient (Wildman–Crippen LogP) is 2.28. The van der Waals surface area contributed by atoms with E-state index in [-0.39, 0.29) is 11.4 Å². The van der Waals surface area contributed by atoms with Gasteiger partial charge in [0.25, 0.3) is 0 Å². The summed E-state index contributed by atoms with van der Waals surface area (Å²) in [5.41, 5.74) is 6.30. The average Bonchev–Trinajstić information content (AvgIpc) is 2.25. The topological polar surface area (TPSA) is 64.3 Å². The largest absolute Gasteiger partial charge is 0.497 e. The van der Waals surface area contributed by atoms with Gasteiger partial charge in [-0.15, -0.1) is 11.8 Å². The Bertz CT molecular complexity index is 427. The highest BCUT2D eigenvalue weighted by Gasteiger charge is 2.14. The van der Waals surface area contributed by atoms with Crippen molar-refractivity contribution in [2.45, 2.75) is 31.2 Å². The lowest BCUT2D eigenvalue weighted by Crippen LogP contribution is -2.41. The summed E-state index contributed by atoms with van der Waals surface area (Å²) in [5, 5.41) is 2.91. The van der Waals surface area contributed by atoms with E-state index in [9.17, 15) is 4.79 Å². The van der Waals surface area contributed by atoms with E-state index >= 15 is 0 Å². The summed E-state index contributed by atoms with van der Waals surface area (Å²) in [6.07, 6.45) is 0. The lowest BCUT2D eigenvalue weighted by molar-refractivity contribution is -0.119. The van der Waals surface area contributed by atoms with Crippen LogP contribution in [0.5, 0.6) is 5.75 Å². The molecule has 0 spiro atoms. The maximum absolute atomic E-state index is 11.7. The molecule has 4 nitrogen and oxygen atoms in total. The van der Waals surface area contributed by atoms with E-state index in [0.29, 0.717) is 11.4 Å². The van der Waals surface area contributed by atoms with Crippen LogP contribution in [0.15, 0.2) is 23.1 Å². The zero-order valence-electron chi connectivity index (χ0n) is 11.2. The molecular formula is C13H20N2O2S. The smallest absolute Gasteiger partial charge is 0.230 e. The number of ether oxygens (including phenoxy) is 1. The van der Waals surface area contributed by atoms with Crippen molar-refractivity contribution in [1.82, 2.24) is 5.32 Å². The number of rotatable bonds is 4. The molecule has 0 aliphatic carbocycles. The number of anilines is 1. The first kappa shape index (κ1) is 14.7. The van der Waals surface area contributed by atoms with E-state index < -0.39 is 0 Å². The molecule has 1 rings (SSSR count). The lowest BCUT2D eigenvalue weighted by Gasteiger charge is -2.20. The maximum Gasteiger partial charge on any atom is 0.230 e. The van der Waals surface area contributed by atoms with Crippen LogP contribution in [0, 0.1) is 0 Å². The Morgan fingerprint density at radius 1 is 1.44 bits per heavy atom. The highest BCUT2D eigenvalue weighted by molar-refractivity contribution is 8.00. The number of hydrogen-bond donors (Lipinski definition) is 2. The van der Waals surface area contributed by atoms with Crippen molar-refractivity contribution in [2.24, 2.45) is 0 Å². The summed E-state index contributed by atoms with van der Waals surface area (Å²) in [6.45, 7) is 5.86. The third-order valence-electron chi connectivity index (χ3n) is 2.09. The monoisotopic (exact) mass is 268 g/mol. The van der Waals surface area contributed by atoms with Gasteiger partial charge in [-0.2, -0.15) is 0 Å². The molecule has 0 radical (unpaired) electrons. The number of benzene rings is 1. The summed E-state index contributed by atoms with van der Waals surface area (Å²) >= 11 is 1.41. The average molecular weight is 268 g/mol. The molecule has 1 amide bonds. The minimum Gasteiger partial charge on any atom is -0.497 e. The van der Waals surface area contributed by atoms with Crippen LogP contribution < -0.4 is 15.8 Å². The molecule has 1 aromatic rings. The Kier molecular flexibility index (Phi) is 4.90. The van der Waals surface area contributed by atoms with Crippen LogP contribution in [0.4, 0.5) is 5.69 Å². The molecule has 1 aromatic carbocycles. The van der Waals surface area contributed by atoms with Crippen molar-refractivity contribution >= 4 is 23.4 Å². The quantitative estimate of drug-likeness (QED) is 0.649. The minimum atomic E-state index is -0.211. The number of methoxy groups -OCH3 is 1. The molecule has 0 saturated heterocycles. The first-order valence-electron chi connectivity index (χ1n) is 5.69. The van der Waals surface area contributed by atoms with E-state index in [1.807, 2.05) is 26.8 Å². The van der Waals surface area contributed by atoms with Gasteiger partial charge in [0.05, 0.1) is 12.9 Å². The van der Waals surface area contributed by atoms with Crippen LogP contribution in [-0.2, 0) is 4.79 Å². The fraction of sp³-hybridized carbons (Fsp3) is 0.462. The van der Waals surface area contributed by atoms with Gasteiger partial charge in [0.15, 0.2) is 0 Å². The van der Waals surface area contributed by atoms with Crippen molar-refractivity contribution in [3.05, 3.63) is 18.2 Å². The number of thioether (sulfide) groups is 1. The van der Waals surface area contributed by atoms with E-state index in [2.05, 4.69) is 5.32 Å².